The van der Waals surface area contributed by atoms with Crippen molar-refractivity contribution in [2.45, 2.75) is 10.0 Å². The molecule has 0 saturated carbocycles. The third-order valence-electron chi connectivity index (χ3n) is 0.983. The Bertz CT molecular complexity index is 58.7. The minimum absolute atomic E-state index is 0.222. The van der Waals surface area contributed by atoms with Crippen molar-refractivity contribution in [1.82, 2.24) is 0 Å². The zero-order chi connectivity index (χ0) is 5.28. The molecular formula is C4H7IO2. The van der Waals surface area contributed by atoms with E-state index in [1.165, 1.54) is 0 Å². The van der Waals surface area contributed by atoms with Gasteiger partial charge in [0.1, 0.15) is 0 Å². The van der Waals surface area contributed by atoms with Gasteiger partial charge in [-0.15, -0.1) is 0 Å². The summed E-state index contributed by atoms with van der Waals surface area (Å²) in [5, 5.41) is 8.87. The standard InChI is InChI=1S/C4H7IO2/c5-3-1-7-2-4(3)6/h3-4,6H,1-2H2/t3-,4-/m1/s1. The van der Waals surface area contributed by atoms with Crippen molar-refractivity contribution in [2.24, 2.45) is 0 Å². The van der Waals surface area contributed by atoms with Gasteiger partial charge in [0, 0.05) is 0 Å². The van der Waals surface area contributed by atoms with Crippen molar-refractivity contribution in [2.75, 3.05) is 13.2 Å². The van der Waals surface area contributed by atoms with Crippen molar-refractivity contribution < 1.29 is 9.84 Å². The molecule has 0 aromatic rings. The summed E-state index contributed by atoms with van der Waals surface area (Å²) in [4.78, 5) is 0. The zero-order valence-electron chi connectivity index (χ0n) is 3.80. The van der Waals surface area contributed by atoms with E-state index in [1.54, 1.807) is 0 Å². The molecule has 0 unspecified atom stereocenters. The molecule has 2 atom stereocenters. The first-order valence-corrected chi connectivity index (χ1v) is 3.45. The van der Waals surface area contributed by atoms with Crippen LogP contribution in [-0.2, 0) is 4.74 Å². The summed E-state index contributed by atoms with van der Waals surface area (Å²) in [5.74, 6) is 0. The Kier molecular flexibility index (Phi) is 1.88. The van der Waals surface area contributed by atoms with E-state index in [2.05, 4.69) is 22.6 Å². The molecule has 0 aromatic heterocycles. The maximum atomic E-state index is 8.87. The lowest BCUT2D eigenvalue weighted by Crippen LogP contribution is -2.16. The lowest BCUT2D eigenvalue weighted by molar-refractivity contribution is 0.128. The number of alkyl halides is 1. The number of aliphatic hydroxyl groups is 1. The lowest BCUT2D eigenvalue weighted by atomic mass is 10.3. The first kappa shape index (κ1) is 5.78. The number of hydrogen-bond acceptors (Lipinski definition) is 2. The molecule has 3 heteroatoms. The highest BCUT2D eigenvalue weighted by molar-refractivity contribution is 14.1. The molecule has 1 N–H and O–H groups in total. The van der Waals surface area contributed by atoms with Crippen LogP contribution < -0.4 is 0 Å². The Morgan fingerprint density at radius 2 is 2.29 bits per heavy atom. The van der Waals surface area contributed by atoms with Gasteiger partial charge in [-0.25, -0.2) is 0 Å². The van der Waals surface area contributed by atoms with Crippen LogP contribution in [0.2, 0.25) is 0 Å². The molecule has 1 saturated heterocycles. The van der Waals surface area contributed by atoms with Gasteiger partial charge in [0.15, 0.2) is 0 Å². The molecule has 0 amide bonds. The average molecular weight is 214 g/mol. The van der Waals surface area contributed by atoms with Gasteiger partial charge in [-0.1, -0.05) is 22.6 Å². The molecule has 1 aliphatic rings. The summed E-state index contributed by atoms with van der Waals surface area (Å²) in [7, 11) is 0. The first-order valence-electron chi connectivity index (χ1n) is 2.20. The molecule has 0 aliphatic carbocycles. The minimum atomic E-state index is -0.222. The Morgan fingerprint density at radius 3 is 2.43 bits per heavy atom. The summed E-state index contributed by atoms with van der Waals surface area (Å²) in [6.45, 7) is 1.23. The van der Waals surface area contributed by atoms with E-state index in [4.69, 9.17) is 9.84 Å². The van der Waals surface area contributed by atoms with Crippen molar-refractivity contribution in [1.29, 1.82) is 0 Å². The Balaban J connectivity index is 2.33. The Morgan fingerprint density at radius 1 is 1.57 bits per heavy atom. The van der Waals surface area contributed by atoms with E-state index in [1.807, 2.05) is 0 Å². The predicted molar refractivity (Wildman–Crippen MR) is 34.6 cm³/mol. The van der Waals surface area contributed by atoms with Gasteiger partial charge >= 0.3 is 0 Å². The van der Waals surface area contributed by atoms with Crippen LogP contribution in [0.1, 0.15) is 0 Å². The monoisotopic (exact) mass is 214 g/mol. The number of hydrogen-bond donors (Lipinski definition) is 1. The molecule has 0 bridgehead atoms. The molecule has 1 aliphatic heterocycles. The summed E-state index contributed by atoms with van der Waals surface area (Å²) in [6, 6.07) is 0. The van der Waals surface area contributed by atoms with Gasteiger partial charge in [-0.3, -0.25) is 0 Å². The highest BCUT2D eigenvalue weighted by Gasteiger charge is 2.22. The van der Waals surface area contributed by atoms with Crippen LogP contribution in [0.15, 0.2) is 0 Å². The molecule has 1 rings (SSSR count). The molecule has 7 heavy (non-hydrogen) atoms. The van der Waals surface area contributed by atoms with Crippen molar-refractivity contribution in [3.05, 3.63) is 0 Å². The van der Waals surface area contributed by atoms with Crippen LogP contribution in [-0.4, -0.2) is 28.3 Å². The molecule has 2 nitrogen and oxygen atoms in total. The topological polar surface area (TPSA) is 29.5 Å². The van der Waals surface area contributed by atoms with Crippen LogP contribution in [0.25, 0.3) is 0 Å². The van der Waals surface area contributed by atoms with Crippen molar-refractivity contribution in [3.8, 4) is 0 Å². The Labute approximate surface area is 56.0 Å². The average Bonchev–Trinajstić information content (AvgIpc) is 1.91. The third-order valence-corrected chi connectivity index (χ3v) is 2.17. The van der Waals surface area contributed by atoms with Crippen molar-refractivity contribution in [3.63, 3.8) is 0 Å². The molecule has 1 fully saturated rings. The van der Waals surface area contributed by atoms with Gasteiger partial charge in [0.2, 0.25) is 0 Å². The predicted octanol–water partition coefficient (Wildman–Crippen LogP) is 0.181. The highest BCUT2D eigenvalue weighted by Crippen LogP contribution is 2.13. The normalized spacial score (nSPS) is 42.0. The Hall–Kier alpha value is 0.650. The fourth-order valence-corrected chi connectivity index (χ4v) is 0.979. The van der Waals surface area contributed by atoms with E-state index < -0.39 is 0 Å². The van der Waals surface area contributed by atoms with Crippen LogP contribution in [0.4, 0.5) is 0 Å². The van der Waals surface area contributed by atoms with E-state index >= 15 is 0 Å². The smallest absolute Gasteiger partial charge is 0.0913 e. The SMILES string of the molecule is O[C@@H]1COC[C@H]1I. The molecule has 0 radical (unpaired) electrons. The van der Waals surface area contributed by atoms with Gasteiger partial charge in [0.25, 0.3) is 0 Å². The summed E-state index contributed by atoms with van der Waals surface area (Å²) < 4.78 is 5.23. The maximum absolute atomic E-state index is 8.87. The molecular weight excluding hydrogens is 207 g/mol. The largest absolute Gasteiger partial charge is 0.390 e. The minimum Gasteiger partial charge on any atom is -0.390 e. The second-order valence-electron chi connectivity index (χ2n) is 1.62. The number of rotatable bonds is 0. The van der Waals surface area contributed by atoms with Gasteiger partial charge in [-0.05, 0) is 0 Å². The van der Waals surface area contributed by atoms with E-state index in [9.17, 15) is 0 Å². The van der Waals surface area contributed by atoms with Crippen LogP contribution in [0.3, 0.4) is 0 Å². The van der Waals surface area contributed by atoms with Gasteiger partial charge in [-0.2, -0.15) is 0 Å². The van der Waals surface area contributed by atoms with E-state index in [-0.39, 0.29) is 6.10 Å². The zero-order valence-corrected chi connectivity index (χ0v) is 5.96. The first-order chi connectivity index (χ1) is 3.30. The molecule has 0 aromatic carbocycles. The maximum Gasteiger partial charge on any atom is 0.0913 e. The van der Waals surface area contributed by atoms with E-state index in [0.717, 1.165) is 0 Å². The number of halogens is 1. The molecule has 42 valence electrons. The van der Waals surface area contributed by atoms with Gasteiger partial charge < -0.3 is 9.84 Å². The quantitative estimate of drug-likeness (QED) is 0.460. The molecule has 1 heterocycles. The van der Waals surface area contributed by atoms with Crippen LogP contribution >= 0.6 is 22.6 Å². The third kappa shape index (κ3) is 1.27. The van der Waals surface area contributed by atoms with E-state index in [0.29, 0.717) is 17.1 Å². The van der Waals surface area contributed by atoms with Crippen LogP contribution in [0, 0.1) is 0 Å². The highest BCUT2D eigenvalue weighted by atomic mass is 127. The summed E-state index contributed by atoms with van der Waals surface area (Å²) in [5.41, 5.74) is 0. The second-order valence-corrected chi connectivity index (χ2v) is 3.22. The van der Waals surface area contributed by atoms with Crippen LogP contribution in [0.5, 0.6) is 0 Å². The molecule has 0 spiro atoms. The lowest BCUT2D eigenvalue weighted by Gasteiger charge is -1.99. The summed E-state index contributed by atoms with van der Waals surface area (Å²) in [6.07, 6.45) is -0.222. The second kappa shape index (κ2) is 2.28. The fourth-order valence-electron chi connectivity index (χ4n) is 0.517. The fraction of sp³-hybridized carbons (Fsp3) is 1.00. The van der Waals surface area contributed by atoms with Gasteiger partial charge in [0.05, 0.1) is 23.2 Å². The number of aliphatic hydroxyl groups excluding tert-OH is 1. The number of ether oxygens (including phenoxy) is 1. The van der Waals surface area contributed by atoms with Crippen molar-refractivity contribution >= 4 is 22.6 Å². The summed E-state index contributed by atoms with van der Waals surface area (Å²) >= 11 is 2.18.